The highest BCUT2D eigenvalue weighted by Crippen LogP contribution is 2.57. The third-order valence-electron chi connectivity index (χ3n) is 8.41. The van der Waals surface area contributed by atoms with Crippen molar-refractivity contribution in [3.8, 4) is 0 Å². The lowest BCUT2D eigenvalue weighted by Gasteiger charge is -2.20. The van der Waals surface area contributed by atoms with Crippen LogP contribution < -0.4 is 0 Å². The maximum absolute atomic E-state index is 12.5. The summed E-state index contributed by atoms with van der Waals surface area (Å²) in [5, 5.41) is 9.44. The third-order valence-corrected chi connectivity index (χ3v) is 11.5. The van der Waals surface area contributed by atoms with Crippen molar-refractivity contribution < 1.29 is 38.2 Å². The fourth-order valence-corrected chi connectivity index (χ4v) is 7.92. The molecule has 8 nitrogen and oxygen atoms in total. The van der Waals surface area contributed by atoms with E-state index in [9.17, 15) is 24.2 Å². The van der Waals surface area contributed by atoms with Gasteiger partial charge in [-0.2, -0.15) is 0 Å². The van der Waals surface area contributed by atoms with Crippen molar-refractivity contribution in [1.82, 2.24) is 0 Å². The summed E-state index contributed by atoms with van der Waals surface area (Å²) in [5.74, 6) is -0.818. The normalized spacial score (nSPS) is 14.1. The summed E-state index contributed by atoms with van der Waals surface area (Å²) in [6.45, 7) is 1.07. The molecule has 0 bridgehead atoms. The first kappa shape index (κ1) is 46.4. The van der Waals surface area contributed by atoms with Gasteiger partial charge in [-0.05, 0) is 31.1 Å². The van der Waals surface area contributed by atoms with Crippen molar-refractivity contribution >= 4 is 30.1 Å². The molecule has 0 heterocycles. The molecule has 0 aromatic carbocycles. The molecule has 0 aliphatic heterocycles. The standard InChI is InChI=1S/C37H73O8PS/c1-4-6-8-10-12-14-16-18-20-22-24-26-28-30-36(39)43-32-35(33-44-46(41,42)47-34(3)38)45-37(40)31-29-27-25-23-21-19-17-15-13-11-9-7-5-2/h34-35,38H,4-33H2,1-3H3,(H,41,42)/t34?,35-/m1/s1. The van der Waals surface area contributed by atoms with Gasteiger partial charge in [0.25, 0.3) is 0 Å². The molecule has 0 aliphatic rings. The van der Waals surface area contributed by atoms with E-state index in [-0.39, 0.29) is 25.4 Å². The maximum atomic E-state index is 12.5. The molecule has 0 fully saturated rings. The van der Waals surface area contributed by atoms with Crippen molar-refractivity contribution in [2.45, 2.75) is 212 Å². The van der Waals surface area contributed by atoms with Crippen LogP contribution in [0.25, 0.3) is 0 Å². The number of hydrogen-bond acceptors (Lipinski definition) is 8. The van der Waals surface area contributed by atoms with E-state index in [2.05, 4.69) is 13.8 Å². The van der Waals surface area contributed by atoms with Gasteiger partial charge in [-0.1, -0.05) is 168 Å². The summed E-state index contributed by atoms with van der Waals surface area (Å²) >= 11 is 0.395. The molecule has 0 amide bonds. The van der Waals surface area contributed by atoms with E-state index in [0.29, 0.717) is 17.8 Å². The van der Waals surface area contributed by atoms with Crippen molar-refractivity contribution in [3.63, 3.8) is 0 Å². The van der Waals surface area contributed by atoms with Gasteiger partial charge in [0.05, 0.1) is 6.61 Å². The number of rotatable bonds is 36. The smallest absolute Gasteiger partial charge is 0.389 e. The van der Waals surface area contributed by atoms with E-state index in [4.69, 9.17) is 14.0 Å². The first-order chi connectivity index (χ1) is 22.7. The maximum Gasteiger partial charge on any atom is 0.389 e. The molecule has 2 unspecified atom stereocenters. The van der Waals surface area contributed by atoms with E-state index in [0.717, 1.165) is 32.1 Å². The van der Waals surface area contributed by atoms with Crippen LogP contribution in [0.2, 0.25) is 0 Å². The molecule has 2 N–H and O–H groups in total. The number of unbranched alkanes of at least 4 members (excludes halogenated alkanes) is 24. The zero-order chi connectivity index (χ0) is 34.9. The Kier molecular flexibility index (Phi) is 33.4. The quantitative estimate of drug-likeness (QED) is 0.0283. The third kappa shape index (κ3) is 35.0. The van der Waals surface area contributed by atoms with E-state index >= 15 is 0 Å². The van der Waals surface area contributed by atoms with Crippen LogP contribution in [0.15, 0.2) is 0 Å². The Hall–Kier alpha value is -0.600. The highest BCUT2D eigenvalue weighted by molar-refractivity contribution is 8.55. The summed E-state index contributed by atoms with van der Waals surface area (Å²) in [6, 6.07) is 0. The Morgan fingerprint density at radius 1 is 0.574 bits per heavy atom. The lowest BCUT2D eigenvalue weighted by atomic mass is 10.0. The number of hydrogen-bond donors (Lipinski definition) is 2. The van der Waals surface area contributed by atoms with Gasteiger partial charge in [0, 0.05) is 12.8 Å². The Labute approximate surface area is 292 Å². The number of esters is 2. The molecule has 0 aromatic heterocycles. The van der Waals surface area contributed by atoms with Crippen LogP contribution in [-0.4, -0.2) is 46.7 Å². The van der Waals surface area contributed by atoms with E-state index in [1.807, 2.05) is 0 Å². The first-order valence-electron chi connectivity index (χ1n) is 19.4. The molecular formula is C37H73O8PS. The topological polar surface area (TPSA) is 119 Å². The molecule has 0 saturated carbocycles. The minimum atomic E-state index is -4.15. The minimum absolute atomic E-state index is 0.235. The van der Waals surface area contributed by atoms with Gasteiger partial charge in [-0.15, -0.1) is 0 Å². The Bertz CT molecular complexity index is 767. The highest BCUT2D eigenvalue weighted by atomic mass is 32.7. The summed E-state index contributed by atoms with van der Waals surface area (Å²) in [6.07, 6.45) is 31.2. The summed E-state index contributed by atoms with van der Waals surface area (Å²) < 4.78 is 28.1. The predicted molar refractivity (Wildman–Crippen MR) is 197 cm³/mol. The largest absolute Gasteiger partial charge is 0.462 e. The molecule has 47 heavy (non-hydrogen) atoms. The summed E-state index contributed by atoms with van der Waals surface area (Å²) in [7, 11) is 0. The molecule has 0 aromatic rings. The molecule has 0 rings (SSSR count). The highest BCUT2D eigenvalue weighted by Gasteiger charge is 2.27. The van der Waals surface area contributed by atoms with Crippen molar-refractivity contribution in [2.24, 2.45) is 0 Å². The van der Waals surface area contributed by atoms with Gasteiger partial charge in [-0.25, -0.2) is 4.57 Å². The zero-order valence-corrected chi connectivity index (χ0v) is 32.3. The van der Waals surface area contributed by atoms with Crippen molar-refractivity contribution in [1.29, 1.82) is 0 Å². The second kappa shape index (κ2) is 33.9. The molecule has 10 heteroatoms. The SMILES string of the molecule is CCCCCCCCCCCCCCCC(=O)OC[C@H](COP(=O)(O)SC(C)O)OC(=O)CCCCCCCCCCCCCCC. The molecule has 0 saturated heterocycles. The van der Waals surface area contributed by atoms with E-state index in [1.165, 1.54) is 135 Å². The fourth-order valence-electron chi connectivity index (χ4n) is 5.59. The summed E-state index contributed by atoms with van der Waals surface area (Å²) in [4.78, 5) is 34.8. The molecule has 0 radical (unpaired) electrons. The van der Waals surface area contributed by atoms with Crippen LogP contribution in [0.3, 0.4) is 0 Å². The van der Waals surface area contributed by atoms with Gasteiger partial charge in [0.15, 0.2) is 6.10 Å². The van der Waals surface area contributed by atoms with Crippen LogP contribution in [0.4, 0.5) is 0 Å². The molecule has 0 spiro atoms. The average Bonchev–Trinajstić information content (AvgIpc) is 3.02. The first-order valence-corrected chi connectivity index (χ1v) is 22.4. The number of aliphatic hydroxyl groups is 1. The number of carbonyl (C=O) groups excluding carboxylic acids is 2. The monoisotopic (exact) mass is 708 g/mol. The van der Waals surface area contributed by atoms with E-state index in [1.54, 1.807) is 0 Å². The summed E-state index contributed by atoms with van der Waals surface area (Å²) in [5.41, 5.74) is -1.10. The van der Waals surface area contributed by atoms with Crippen LogP contribution in [0.1, 0.15) is 201 Å². The van der Waals surface area contributed by atoms with Gasteiger partial charge in [0.1, 0.15) is 12.0 Å². The molecule has 280 valence electrons. The van der Waals surface area contributed by atoms with Gasteiger partial charge in [0.2, 0.25) is 0 Å². The molecular weight excluding hydrogens is 635 g/mol. The molecule has 3 atom stereocenters. The Balaban J connectivity index is 4.19. The number of carbonyl (C=O) groups is 2. The Morgan fingerprint density at radius 3 is 1.28 bits per heavy atom. The predicted octanol–water partition coefficient (Wildman–Crippen LogP) is 11.6. The van der Waals surface area contributed by atoms with Crippen molar-refractivity contribution in [2.75, 3.05) is 13.2 Å². The lowest BCUT2D eigenvalue weighted by Crippen LogP contribution is -2.29. The van der Waals surface area contributed by atoms with Gasteiger partial charge < -0.3 is 19.5 Å². The van der Waals surface area contributed by atoms with Crippen LogP contribution in [0.5, 0.6) is 0 Å². The lowest BCUT2D eigenvalue weighted by molar-refractivity contribution is -0.161. The van der Waals surface area contributed by atoms with E-state index < -0.39 is 30.9 Å². The number of aliphatic hydroxyl groups excluding tert-OH is 1. The molecule has 0 aliphatic carbocycles. The average molecular weight is 709 g/mol. The van der Waals surface area contributed by atoms with Crippen molar-refractivity contribution in [3.05, 3.63) is 0 Å². The number of ether oxygens (including phenoxy) is 2. The van der Waals surface area contributed by atoms with Crippen LogP contribution in [-0.2, 0) is 28.2 Å². The Morgan fingerprint density at radius 2 is 0.915 bits per heavy atom. The minimum Gasteiger partial charge on any atom is -0.462 e. The zero-order valence-electron chi connectivity index (χ0n) is 30.6. The second-order valence-electron chi connectivity index (χ2n) is 13.2. The fraction of sp³-hybridized carbons (Fsp3) is 0.946. The van der Waals surface area contributed by atoms with Gasteiger partial charge >= 0.3 is 18.7 Å². The van der Waals surface area contributed by atoms with Crippen LogP contribution in [0, 0.1) is 0 Å². The van der Waals surface area contributed by atoms with Crippen LogP contribution >= 0.6 is 18.2 Å². The second-order valence-corrected chi connectivity index (χ2v) is 17.4. The van der Waals surface area contributed by atoms with Gasteiger partial charge in [-0.3, -0.25) is 14.1 Å².